The molecule has 0 spiro atoms. The number of hydrogen-bond acceptors (Lipinski definition) is 6. The van der Waals surface area contributed by atoms with E-state index in [9.17, 15) is 10.1 Å². The fourth-order valence-corrected chi connectivity index (χ4v) is 3.26. The van der Waals surface area contributed by atoms with Crippen molar-refractivity contribution in [3.8, 4) is 0 Å². The minimum Gasteiger partial charge on any atom is -0.383 e. The molecule has 0 aliphatic carbocycles. The van der Waals surface area contributed by atoms with Gasteiger partial charge in [-0.25, -0.2) is 4.98 Å². The Balaban J connectivity index is 0.00000392. The van der Waals surface area contributed by atoms with Crippen LogP contribution >= 0.6 is 35.3 Å². The summed E-state index contributed by atoms with van der Waals surface area (Å²) in [7, 11) is 0. The number of thiazole rings is 1. The average Bonchev–Trinajstić information content (AvgIpc) is 2.96. The van der Waals surface area contributed by atoms with Crippen molar-refractivity contribution in [3.63, 3.8) is 0 Å². The van der Waals surface area contributed by atoms with Gasteiger partial charge in [-0.1, -0.05) is 0 Å². The van der Waals surface area contributed by atoms with Gasteiger partial charge in [0.2, 0.25) is 0 Å². The van der Waals surface area contributed by atoms with E-state index in [-0.39, 0.29) is 29.7 Å². The Kier molecular flexibility index (Phi) is 10.8. The van der Waals surface area contributed by atoms with E-state index in [4.69, 9.17) is 0 Å². The van der Waals surface area contributed by atoms with E-state index in [0.29, 0.717) is 19.6 Å². The third-order valence-corrected chi connectivity index (χ3v) is 4.97. The highest BCUT2D eigenvalue weighted by Gasteiger charge is 2.04. The molecule has 0 saturated heterocycles. The highest BCUT2D eigenvalue weighted by molar-refractivity contribution is 14.0. The van der Waals surface area contributed by atoms with Gasteiger partial charge in [-0.05, 0) is 32.9 Å². The number of hydrogen-bond donors (Lipinski definition) is 3. The van der Waals surface area contributed by atoms with Crippen molar-refractivity contribution >= 4 is 52.6 Å². The molecule has 0 aliphatic heterocycles. The zero-order valence-corrected chi connectivity index (χ0v) is 19.5. The van der Waals surface area contributed by atoms with Crippen LogP contribution in [0.25, 0.3) is 0 Å². The number of nitrogens with zero attached hydrogens (tertiary/aromatic N) is 3. The summed E-state index contributed by atoms with van der Waals surface area (Å²) in [6.07, 6.45) is 0.830. The van der Waals surface area contributed by atoms with Crippen LogP contribution in [-0.4, -0.2) is 42.0 Å². The molecule has 1 aromatic heterocycles. The van der Waals surface area contributed by atoms with Gasteiger partial charge in [-0.2, -0.15) is 0 Å². The van der Waals surface area contributed by atoms with Crippen LogP contribution in [0.3, 0.4) is 0 Å². The molecule has 0 radical (unpaired) electrons. The highest BCUT2D eigenvalue weighted by Crippen LogP contribution is 2.17. The Labute approximate surface area is 186 Å². The van der Waals surface area contributed by atoms with Crippen LogP contribution in [-0.2, 0) is 6.42 Å². The maximum atomic E-state index is 10.7. The number of aromatic nitrogens is 1. The van der Waals surface area contributed by atoms with E-state index in [2.05, 4.69) is 32.9 Å². The predicted molar refractivity (Wildman–Crippen MR) is 126 cm³/mol. The molecule has 1 aromatic carbocycles. The molecule has 0 amide bonds. The second-order valence-corrected chi connectivity index (χ2v) is 7.21. The Morgan fingerprint density at radius 3 is 2.50 bits per heavy atom. The molecule has 3 N–H and O–H groups in total. The Morgan fingerprint density at radius 2 is 1.93 bits per heavy atom. The summed E-state index contributed by atoms with van der Waals surface area (Å²) in [5, 5.41) is 21.5. The van der Waals surface area contributed by atoms with Gasteiger partial charge in [0.15, 0.2) is 5.96 Å². The number of anilines is 1. The van der Waals surface area contributed by atoms with E-state index in [1.165, 1.54) is 17.0 Å². The summed E-state index contributed by atoms with van der Waals surface area (Å²) in [5.74, 6) is 0.771. The van der Waals surface area contributed by atoms with E-state index in [0.717, 1.165) is 35.3 Å². The molecule has 2 rings (SSSR count). The molecule has 154 valence electrons. The summed E-state index contributed by atoms with van der Waals surface area (Å²) < 4.78 is 0. The van der Waals surface area contributed by atoms with Crippen LogP contribution in [0.5, 0.6) is 0 Å². The summed E-state index contributed by atoms with van der Waals surface area (Å²) in [4.78, 5) is 20.6. The number of guanidine groups is 1. The predicted octanol–water partition coefficient (Wildman–Crippen LogP) is 3.50. The molecular formula is C18H27IN6O2S. The van der Waals surface area contributed by atoms with E-state index in [1.54, 1.807) is 23.5 Å². The molecule has 28 heavy (non-hydrogen) atoms. The first-order valence-corrected chi connectivity index (χ1v) is 9.74. The average molecular weight is 518 g/mol. The number of non-ortho nitro benzene ring substituents is 1. The first kappa shape index (κ1) is 24.1. The SMILES string of the molecule is CCNC(=NCCc1nc(C)c(C)s1)NCCNc1ccc([N+](=O)[O-])cc1.I. The molecule has 0 saturated carbocycles. The Morgan fingerprint density at radius 1 is 1.21 bits per heavy atom. The van der Waals surface area contributed by atoms with Crippen LogP contribution in [0, 0.1) is 24.0 Å². The van der Waals surface area contributed by atoms with Gasteiger partial charge < -0.3 is 16.0 Å². The van der Waals surface area contributed by atoms with Crippen molar-refractivity contribution in [2.24, 2.45) is 4.99 Å². The third-order valence-electron chi connectivity index (χ3n) is 3.84. The summed E-state index contributed by atoms with van der Waals surface area (Å²) in [6.45, 7) is 8.96. The molecule has 1 heterocycles. The minimum absolute atomic E-state index is 0. The molecule has 0 atom stereocenters. The zero-order valence-electron chi connectivity index (χ0n) is 16.3. The number of aliphatic imine (C=N–C) groups is 1. The normalized spacial score (nSPS) is 10.9. The molecule has 0 bridgehead atoms. The zero-order chi connectivity index (χ0) is 19.6. The van der Waals surface area contributed by atoms with Crippen molar-refractivity contribution in [1.82, 2.24) is 15.6 Å². The fraction of sp³-hybridized carbons (Fsp3) is 0.444. The molecule has 2 aromatic rings. The molecule has 8 nitrogen and oxygen atoms in total. The van der Waals surface area contributed by atoms with E-state index < -0.39 is 4.92 Å². The monoisotopic (exact) mass is 518 g/mol. The second-order valence-electron chi connectivity index (χ2n) is 5.92. The molecule has 0 fully saturated rings. The molecule has 10 heteroatoms. The maximum absolute atomic E-state index is 10.7. The largest absolute Gasteiger partial charge is 0.383 e. The first-order chi connectivity index (χ1) is 13.0. The van der Waals surface area contributed by atoms with Gasteiger partial charge in [-0.3, -0.25) is 15.1 Å². The summed E-state index contributed by atoms with van der Waals surface area (Å²) in [5.41, 5.74) is 2.03. The maximum Gasteiger partial charge on any atom is 0.269 e. The van der Waals surface area contributed by atoms with Crippen LogP contribution in [0.4, 0.5) is 11.4 Å². The van der Waals surface area contributed by atoms with Gasteiger partial charge >= 0.3 is 0 Å². The van der Waals surface area contributed by atoms with Crippen molar-refractivity contribution < 1.29 is 4.92 Å². The van der Waals surface area contributed by atoms with E-state index >= 15 is 0 Å². The number of rotatable bonds is 9. The van der Waals surface area contributed by atoms with E-state index in [1.807, 2.05) is 13.8 Å². The van der Waals surface area contributed by atoms with Crippen LogP contribution in [0.2, 0.25) is 0 Å². The lowest BCUT2D eigenvalue weighted by molar-refractivity contribution is -0.384. The van der Waals surface area contributed by atoms with Crippen molar-refractivity contribution in [2.75, 3.05) is 31.5 Å². The highest BCUT2D eigenvalue weighted by atomic mass is 127. The van der Waals surface area contributed by atoms with Gasteiger partial charge in [0, 0.05) is 55.3 Å². The lowest BCUT2D eigenvalue weighted by atomic mass is 10.3. The number of nitro benzene ring substituents is 1. The lowest BCUT2D eigenvalue weighted by Crippen LogP contribution is -2.39. The van der Waals surface area contributed by atoms with Gasteiger partial charge in [0.25, 0.3) is 5.69 Å². The van der Waals surface area contributed by atoms with Crippen LogP contribution in [0.15, 0.2) is 29.3 Å². The van der Waals surface area contributed by atoms with Crippen molar-refractivity contribution in [1.29, 1.82) is 0 Å². The molecule has 0 unspecified atom stereocenters. The van der Waals surface area contributed by atoms with Crippen molar-refractivity contribution in [2.45, 2.75) is 27.2 Å². The Hall–Kier alpha value is -1.95. The Bertz CT molecular complexity index is 759. The number of benzene rings is 1. The van der Waals surface area contributed by atoms with Gasteiger partial charge in [0.05, 0.1) is 15.6 Å². The first-order valence-electron chi connectivity index (χ1n) is 8.93. The third kappa shape index (κ3) is 7.97. The van der Waals surface area contributed by atoms with Crippen LogP contribution in [0.1, 0.15) is 22.5 Å². The summed E-state index contributed by atoms with van der Waals surface area (Å²) >= 11 is 1.73. The molecule has 0 aliphatic rings. The lowest BCUT2D eigenvalue weighted by Gasteiger charge is -2.12. The second kappa shape index (κ2) is 12.5. The molecular weight excluding hydrogens is 491 g/mol. The van der Waals surface area contributed by atoms with Crippen LogP contribution < -0.4 is 16.0 Å². The topological polar surface area (TPSA) is 104 Å². The summed E-state index contributed by atoms with van der Waals surface area (Å²) in [6, 6.07) is 6.39. The fourth-order valence-electron chi connectivity index (χ4n) is 2.34. The number of aryl methyl sites for hydroxylation is 2. The minimum atomic E-state index is -0.404. The quantitative estimate of drug-likeness (QED) is 0.117. The number of nitro groups is 1. The van der Waals surface area contributed by atoms with Gasteiger partial charge in [-0.15, -0.1) is 35.3 Å². The standard InChI is InChI=1S/C18H26N6O2S.HI/c1-4-19-18(21-10-9-17-23-13(2)14(3)27-17)22-12-11-20-15-5-7-16(8-6-15)24(25)26;/h5-8,20H,4,9-12H2,1-3H3,(H2,19,21,22);1H. The van der Waals surface area contributed by atoms with Crippen molar-refractivity contribution in [3.05, 3.63) is 50.0 Å². The number of halogens is 1. The van der Waals surface area contributed by atoms with Gasteiger partial charge in [0.1, 0.15) is 0 Å². The number of nitrogens with one attached hydrogen (secondary N) is 3. The smallest absolute Gasteiger partial charge is 0.269 e.